The molecule has 0 aromatic rings. The second-order valence-electron chi connectivity index (χ2n) is 2.74. The van der Waals surface area contributed by atoms with Crippen molar-refractivity contribution in [2.24, 2.45) is 5.92 Å². The van der Waals surface area contributed by atoms with Crippen LogP contribution in [0.3, 0.4) is 0 Å². The smallest absolute Gasteiger partial charge is 0.265 e. The number of hydrogen-bond donors (Lipinski definition) is 2. The van der Waals surface area contributed by atoms with Gasteiger partial charge in [0.1, 0.15) is 12.0 Å². The number of hydrogen-bond acceptors (Lipinski definition) is 3. The largest absolute Gasteiger partial charge is 0.385 e. The normalized spacial score (nSPS) is 14.6. The molecule has 4 nitrogen and oxygen atoms in total. The fraction of sp³-hybridized carbons (Fsp3) is 0.750. The van der Waals surface area contributed by atoms with Gasteiger partial charge in [0.2, 0.25) is 5.91 Å². The molecule has 0 aromatic carbocycles. The van der Waals surface area contributed by atoms with Crippen molar-refractivity contribution in [1.29, 1.82) is 5.26 Å². The van der Waals surface area contributed by atoms with Gasteiger partial charge in [0.05, 0.1) is 6.07 Å². The maximum absolute atomic E-state index is 11.8. The van der Waals surface area contributed by atoms with E-state index >= 15 is 0 Å². The van der Waals surface area contributed by atoms with Gasteiger partial charge in [0, 0.05) is 6.54 Å². The highest BCUT2D eigenvalue weighted by Gasteiger charge is 2.20. The number of carbonyl (C=O) groups excluding carboxylic acids is 1. The average Bonchev–Trinajstić information content (AvgIpc) is 2.15. The van der Waals surface area contributed by atoms with Crippen molar-refractivity contribution in [3.63, 3.8) is 0 Å². The summed E-state index contributed by atoms with van der Waals surface area (Å²) in [5.74, 6) is -1.48. The summed E-state index contributed by atoms with van der Waals surface area (Å²) in [5, 5.41) is 19.2. The number of amides is 1. The molecule has 0 saturated heterocycles. The Hall–Kier alpha value is -1.22. The predicted molar refractivity (Wildman–Crippen MR) is 44.4 cm³/mol. The molecule has 0 bridgehead atoms. The van der Waals surface area contributed by atoms with E-state index in [-0.39, 0.29) is 0 Å². The zero-order valence-electron chi connectivity index (χ0n) is 7.70. The van der Waals surface area contributed by atoms with E-state index in [1.54, 1.807) is 13.0 Å². The average molecular weight is 206 g/mol. The van der Waals surface area contributed by atoms with Crippen LogP contribution in [0.15, 0.2) is 0 Å². The third-order valence-corrected chi connectivity index (χ3v) is 1.66. The molecule has 6 heteroatoms. The molecular formula is C8H12F2N2O2. The van der Waals surface area contributed by atoms with Crippen molar-refractivity contribution < 1.29 is 18.7 Å². The van der Waals surface area contributed by atoms with Crippen molar-refractivity contribution in [2.45, 2.75) is 25.9 Å². The third-order valence-electron chi connectivity index (χ3n) is 1.66. The van der Waals surface area contributed by atoms with Crippen LogP contribution in [0.2, 0.25) is 0 Å². The van der Waals surface area contributed by atoms with Crippen molar-refractivity contribution in [3.8, 4) is 6.07 Å². The molecule has 0 spiro atoms. The van der Waals surface area contributed by atoms with Crippen LogP contribution in [-0.4, -0.2) is 30.1 Å². The van der Waals surface area contributed by atoms with Gasteiger partial charge < -0.3 is 10.4 Å². The molecule has 0 aliphatic rings. The molecule has 0 heterocycles. The lowest BCUT2D eigenvalue weighted by molar-refractivity contribution is -0.124. The molecule has 0 fully saturated rings. The summed E-state index contributed by atoms with van der Waals surface area (Å²) >= 11 is 0. The van der Waals surface area contributed by atoms with Crippen LogP contribution >= 0.6 is 0 Å². The third kappa shape index (κ3) is 4.14. The number of alkyl halides is 2. The van der Waals surface area contributed by atoms with E-state index in [4.69, 9.17) is 10.4 Å². The van der Waals surface area contributed by atoms with Crippen molar-refractivity contribution in [3.05, 3.63) is 0 Å². The number of nitrogens with one attached hydrogen (secondary N) is 1. The lowest BCUT2D eigenvalue weighted by atomic mass is 10.1. The van der Waals surface area contributed by atoms with E-state index in [9.17, 15) is 13.6 Å². The van der Waals surface area contributed by atoms with Gasteiger partial charge in [-0.2, -0.15) is 5.26 Å². The van der Waals surface area contributed by atoms with Gasteiger partial charge in [-0.15, -0.1) is 0 Å². The van der Waals surface area contributed by atoms with Gasteiger partial charge >= 0.3 is 0 Å². The molecule has 2 N–H and O–H groups in total. The number of aliphatic hydroxyl groups is 1. The topological polar surface area (TPSA) is 73.1 Å². The first-order chi connectivity index (χ1) is 6.52. The first-order valence-corrected chi connectivity index (χ1v) is 4.16. The van der Waals surface area contributed by atoms with Crippen LogP contribution < -0.4 is 5.32 Å². The number of nitrogens with zero attached hydrogens (tertiary/aromatic N) is 1. The van der Waals surface area contributed by atoms with Crippen LogP contribution in [-0.2, 0) is 4.79 Å². The van der Waals surface area contributed by atoms with Crippen LogP contribution in [0, 0.1) is 17.2 Å². The Morgan fingerprint density at radius 1 is 1.64 bits per heavy atom. The Morgan fingerprint density at radius 2 is 2.21 bits per heavy atom. The lowest BCUT2D eigenvalue weighted by Gasteiger charge is -2.12. The van der Waals surface area contributed by atoms with Gasteiger partial charge in [-0.1, -0.05) is 6.92 Å². The molecule has 0 aliphatic carbocycles. The van der Waals surface area contributed by atoms with Gasteiger partial charge in [-0.3, -0.25) is 4.79 Å². The highest BCUT2D eigenvalue weighted by molar-refractivity contribution is 5.80. The monoisotopic (exact) mass is 206 g/mol. The molecule has 0 aliphatic heterocycles. The molecule has 2 unspecified atom stereocenters. The Morgan fingerprint density at radius 3 is 2.57 bits per heavy atom. The SMILES string of the molecule is CCC(C#N)C(=O)NCC(O)C(F)F. The summed E-state index contributed by atoms with van der Waals surface area (Å²) in [5.41, 5.74) is 0. The fourth-order valence-electron chi connectivity index (χ4n) is 0.753. The Bertz CT molecular complexity index is 228. The second-order valence-corrected chi connectivity index (χ2v) is 2.74. The van der Waals surface area contributed by atoms with Crippen LogP contribution in [0.1, 0.15) is 13.3 Å². The Kier molecular flexibility index (Phi) is 5.72. The van der Waals surface area contributed by atoms with E-state index in [1.165, 1.54) is 0 Å². The summed E-state index contributed by atoms with van der Waals surface area (Å²) in [4.78, 5) is 11.0. The quantitative estimate of drug-likeness (QED) is 0.678. The molecule has 0 radical (unpaired) electrons. The highest BCUT2D eigenvalue weighted by Crippen LogP contribution is 2.02. The number of carbonyl (C=O) groups is 1. The fourth-order valence-corrected chi connectivity index (χ4v) is 0.753. The maximum atomic E-state index is 11.8. The molecule has 0 saturated carbocycles. The minimum atomic E-state index is -2.89. The number of aliphatic hydroxyl groups excluding tert-OH is 1. The summed E-state index contributed by atoms with van der Waals surface area (Å²) in [6, 6.07) is 1.72. The van der Waals surface area contributed by atoms with Crippen molar-refractivity contribution in [1.82, 2.24) is 5.32 Å². The standard InChI is InChI=1S/C8H12F2N2O2/c1-2-5(3-11)8(14)12-4-6(13)7(9)10/h5-7,13H,2,4H2,1H3,(H,12,14). The zero-order valence-corrected chi connectivity index (χ0v) is 7.70. The maximum Gasteiger partial charge on any atom is 0.265 e. The van der Waals surface area contributed by atoms with E-state index in [0.29, 0.717) is 6.42 Å². The van der Waals surface area contributed by atoms with Gasteiger partial charge in [0.25, 0.3) is 6.43 Å². The van der Waals surface area contributed by atoms with Crippen LogP contribution in [0.4, 0.5) is 8.78 Å². The number of rotatable bonds is 5. The van der Waals surface area contributed by atoms with E-state index < -0.39 is 30.9 Å². The predicted octanol–water partition coefficient (Wildman–Crippen LogP) is 0.278. The van der Waals surface area contributed by atoms with E-state index in [0.717, 1.165) is 0 Å². The molecular weight excluding hydrogens is 194 g/mol. The zero-order chi connectivity index (χ0) is 11.1. The van der Waals surface area contributed by atoms with Crippen molar-refractivity contribution >= 4 is 5.91 Å². The van der Waals surface area contributed by atoms with E-state index in [1.807, 2.05) is 0 Å². The molecule has 2 atom stereocenters. The minimum absolute atomic E-state index is 0.313. The molecule has 80 valence electrons. The van der Waals surface area contributed by atoms with Crippen LogP contribution in [0.25, 0.3) is 0 Å². The van der Waals surface area contributed by atoms with Crippen molar-refractivity contribution in [2.75, 3.05) is 6.54 Å². The second kappa shape index (κ2) is 6.27. The number of halogens is 2. The first kappa shape index (κ1) is 12.8. The Balaban J connectivity index is 3.91. The summed E-state index contributed by atoms with van der Waals surface area (Å²) < 4.78 is 23.6. The molecule has 0 rings (SSSR count). The molecule has 0 aromatic heterocycles. The summed E-state index contributed by atoms with van der Waals surface area (Å²) in [6.45, 7) is 1.10. The van der Waals surface area contributed by atoms with Gasteiger partial charge in [-0.05, 0) is 6.42 Å². The van der Waals surface area contributed by atoms with Gasteiger partial charge in [0.15, 0.2) is 0 Å². The minimum Gasteiger partial charge on any atom is -0.385 e. The lowest BCUT2D eigenvalue weighted by Crippen LogP contribution is -2.38. The van der Waals surface area contributed by atoms with Gasteiger partial charge in [-0.25, -0.2) is 8.78 Å². The van der Waals surface area contributed by atoms with E-state index in [2.05, 4.69) is 5.32 Å². The highest BCUT2D eigenvalue weighted by atomic mass is 19.3. The molecule has 14 heavy (non-hydrogen) atoms. The molecule has 1 amide bonds. The number of nitriles is 1. The van der Waals surface area contributed by atoms with Crippen LogP contribution in [0.5, 0.6) is 0 Å². The summed E-state index contributed by atoms with van der Waals surface area (Å²) in [7, 11) is 0. The first-order valence-electron chi connectivity index (χ1n) is 4.16. The Labute approximate surface area is 80.5 Å². The summed E-state index contributed by atoms with van der Waals surface area (Å²) in [6.07, 6.45) is -4.46.